The fraction of sp³-hybridized carbons (Fsp3) is 0.364. The minimum absolute atomic E-state index is 0.0922. The Morgan fingerprint density at radius 1 is 1.44 bits per heavy atom. The Morgan fingerprint density at radius 2 is 2.00 bits per heavy atom. The molecule has 0 saturated heterocycles. The Bertz CT molecular complexity index is 327. The normalized spacial score (nSPS) is 14.2. The third kappa shape index (κ3) is 4.33. The summed E-state index contributed by atoms with van der Waals surface area (Å²) in [4.78, 5) is 3.24. The molecule has 5 heteroatoms. The molecule has 0 bridgehead atoms. The number of allylic oxidation sites excluding steroid dienone is 4. The first-order valence-electron chi connectivity index (χ1n) is 4.58. The van der Waals surface area contributed by atoms with Crippen molar-refractivity contribution in [3.8, 4) is 0 Å². The lowest BCUT2D eigenvalue weighted by molar-refractivity contribution is -0.0917. The van der Waals surface area contributed by atoms with E-state index in [2.05, 4.69) is 18.3 Å². The number of alkyl halides is 3. The fourth-order valence-electron chi connectivity index (χ4n) is 0.897. The number of hydrogen-bond acceptors (Lipinski definition) is 2. The van der Waals surface area contributed by atoms with Crippen molar-refractivity contribution in [3.05, 3.63) is 35.8 Å². The van der Waals surface area contributed by atoms with Gasteiger partial charge in [-0.15, -0.1) is 0 Å². The van der Waals surface area contributed by atoms with E-state index in [0.29, 0.717) is 5.57 Å². The van der Waals surface area contributed by atoms with Crippen LogP contribution >= 0.6 is 0 Å². The number of rotatable bonds is 5. The van der Waals surface area contributed by atoms with E-state index in [9.17, 15) is 13.2 Å². The van der Waals surface area contributed by atoms with Crippen LogP contribution in [0.2, 0.25) is 0 Å². The average Bonchev–Trinajstić information content (AvgIpc) is 2.21. The zero-order chi connectivity index (χ0) is 12.8. The van der Waals surface area contributed by atoms with Crippen molar-refractivity contribution < 1.29 is 17.9 Å². The molecule has 2 nitrogen and oxygen atoms in total. The number of ether oxygens (including phenoxy) is 1. The highest BCUT2D eigenvalue weighted by molar-refractivity contribution is 5.37. The summed E-state index contributed by atoms with van der Waals surface area (Å²) in [7, 11) is 0. The summed E-state index contributed by atoms with van der Waals surface area (Å²) >= 11 is 0. The lowest BCUT2D eigenvalue weighted by atomic mass is 10.1. The molecule has 0 aromatic carbocycles. The lowest BCUT2D eigenvalue weighted by Crippen LogP contribution is -2.14. The molecule has 0 heterocycles. The van der Waals surface area contributed by atoms with Crippen LogP contribution in [-0.2, 0) is 4.74 Å². The smallest absolute Gasteiger partial charge is 0.421 e. The van der Waals surface area contributed by atoms with Crippen LogP contribution in [0.25, 0.3) is 0 Å². The van der Waals surface area contributed by atoms with Crippen molar-refractivity contribution in [3.63, 3.8) is 0 Å². The maximum Gasteiger partial charge on any atom is 0.421 e. The van der Waals surface area contributed by atoms with Gasteiger partial charge in [-0.2, -0.15) is 13.2 Å². The Labute approximate surface area is 92.8 Å². The molecule has 0 radical (unpaired) electrons. The predicted octanol–water partition coefficient (Wildman–Crippen LogP) is 3.63. The Kier molecular flexibility index (Phi) is 5.56. The van der Waals surface area contributed by atoms with E-state index < -0.39 is 17.6 Å². The molecule has 0 saturated carbocycles. The summed E-state index contributed by atoms with van der Waals surface area (Å²) in [6.07, 6.45) is -2.29. The van der Waals surface area contributed by atoms with Crippen LogP contribution in [0.3, 0.4) is 0 Å². The van der Waals surface area contributed by atoms with Gasteiger partial charge in [-0.05, 0) is 26.6 Å². The van der Waals surface area contributed by atoms with Gasteiger partial charge in [0.2, 0.25) is 5.88 Å². The zero-order valence-electron chi connectivity index (χ0n) is 9.27. The molecule has 0 aliphatic heterocycles. The van der Waals surface area contributed by atoms with Gasteiger partial charge < -0.3 is 4.74 Å². The standard InChI is InChI=1S/C11H14F3NO/c1-5-8(3)7-9(11(12,13)14)10(15-4)16-6-2/h5,7H,1,4,6H2,2-3H3/b8-7+,10-9-. The number of hydrogen-bond donors (Lipinski definition) is 0. The molecule has 0 aromatic rings. The average molecular weight is 233 g/mol. The first-order chi connectivity index (χ1) is 7.36. The summed E-state index contributed by atoms with van der Waals surface area (Å²) in [5, 5.41) is 0. The van der Waals surface area contributed by atoms with E-state index in [1.165, 1.54) is 13.0 Å². The second-order valence-electron chi connectivity index (χ2n) is 2.90. The summed E-state index contributed by atoms with van der Waals surface area (Å²) in [6, 6.07) is 0. The molecule has 0 fully saturated rings. The molecule has 0 amide bonds. The van der Waals surface area contributed by atoms with E-state index in [-0.39, 0.29) is 6.61 Å². The molecule has 0 spiro atoms. The fourth-order valence-corrected chi connectivity index (χ4v) is 0.897. The van der Waals surface area contributed by atoms with E-state index in [4.69, 9.17) is 4.74 Å². The molecule has 0 aromatic heterocycles. The molecule has 0 atom stereocenters. The van der Waals surface area contributed by atoms with Crippen LogP contribution in [0.5, 0.6) is 0 Å². The zero-order valence-corrected chi connectivity index (χ0v) is 9.27. The summed E-state index contributed by atoms with van der Waals surface area (Å²) in [6.45, 7) is 9.61. The number of halogens is 3. The van der Waals surface area contributed by atoms with Crippen molar-refractivity contribution in [2.24, 2.45) is 4.99 Å². The van der Waals surface area contributed by atoms with Gasteiger partial charge in [0.05, 0.1) is 6.61 Å². The van der Waals surface area contributed by atoms with Gasteiger partial charge in [0.1, 0.15) is 5.57 Å². The molecule has 0 aliphatic carbocycles. The van der Waals surface area contributed by atoms with Gasteiger partial charge in [0.15, 0.2) is 0 Å². The van der Waals surface area contributed by atoms with Crippen molar-refractivity contribution >= 4 is 6.72 Å². The van der Waals surface area contributed by atoms with E-state index in [1.807, 2.05) is 0 Å². The van der Waals surface area contributed by atoms with Crippen LogP contribution in [0.4, 0.5) is 13.2 Å². The second-order valence-corrected chi connectivity index (χ2v) is 2.90. The predicted molar refractivity (Wildman–Crippen MR) is 58.2 cm³/mol. The van der Waals surface area contributed by atoms with Crippen LogP contribution in [0.15, 0.2) is 40.8 Å². The van der Waals surface area contributed by atoms with Crippen molar-refractivity contribution in [2.45, 2.75) is 20.0 Å². The van der Waals surface area contributed by atoms with Gasteiger partial charge >= 0.3 is 6.18 Å². The lowest BCUT2D eigenvalue weighted by Gasteiger charge is -2.12. The minimum atomic E-state index is -4.53. The first-order valence-corrected chi connectivity index (χ1v) is 4.58. The van der Waals surface area contributed by atoms with E-state index in [0.717, 1.165) is 6.08 Å². The Hall–Kier alpha value is -1.52. The van der Waals surface area contributed by atoms with Crippen LogP contribution in [0, 0.1) is 0 Å². The Morgan fingerprint density at radius 3 is 2.31 bits per heavy atom. The van der Waals surface area contributed by atoms with Crippen LogP contribution in [0.1, 0.15) is 13.8 Å². The summed E-state index contributed by atoms with van der Waals surface area (Å²) < 4.78 is 42.8. The monoisotopic (exact) mass is 233 g/mol. The molecule has 90 valence electrons. The number of nitrogens with zero attached hydrogens (tertiary/aromatic N) is 1. The summed E-state index contributed by atoms with van der Waals surface area (Å²) in [5.74, 6) is -0.517. The quantitative estimate of drug-likeness (QED) is 0.403. The van der Waals surface area contributed by atoms with Crippen molar-refractivity contribution in [1.82, 2.24) is 0 Å². The molecular weight excluding hydrogens is 219 g/mol. The highest BCUT2D eigenvalue weighted by Crippen LogP contribution is 2.31. The minimum Gasteiger partial charge on any atom is -0.478 e. The van der Waals surface area contributed by atoms with Gasteiger partial charge in [-0.1, -0.05) is 18.2 Å². The van der Waals surface area contributed by atoms with Gasteiger partial charge in [-0.3, -0.25) is 0 Å². The number of aliphatic imine (C=N–C) groups is 1. The first kappa shape index (κ1) is 14.5. The Balaban J connectivity index is 5.54. The van der Waals surface area contributed by atoms with Crippen LogP contribution < -0.4 is 0 Å². The topological polar surface area (TPSA) is 21.6 Å². The molecule has 0 rings (SSSR count). The van der Waals surface area contributed by atoms with Gasteiger partial charge in [-0.25, -0.2) is 4.99 Å². The molecule has 0 unspecified atom stereocenters. The maximum atomic E-state index is 12.7. The van der Waals surface area contributed by atoms with Gasteiger partial charge in [0.25, 0.3) is 0 Å². The summed E-state index contributed by atoms with van der Waals surface area (Å²) in [5.41, 5.74) is -0.588. The van der Waals surface area contributed by atoms with Crippen molar-refractivity contribution in [2.75, 3.05) is 6.61 Å². The maximum absolute atomic E-state index is 12.7. The van der Waals surface area contributed by atoms with E-state index in [1.54, 1.807) is 6.92 Å². The van der Waals surface area contributed by atoms with E-state index >= 15 is 0 Å². The van der Waals surface area contributed by atoms with Gasteiger partial charge in [0, 0.05) is 0 Å². The van der Waals surface area contributed by atoms with Crippen molar-refractivity contribution in [1.29, 1.82) is 0 Å². The third-order valence-corrected chi connectivity index (χ3v) is 1.65. The highest BCUT2D eigenvalue weighted by Gasteiger charge is 2.36. The SMILES string of the molecule is C=C/C(C)=C/C(=C(\N=C)OCC)C(F)(F)F. The molecular formula is C11H14F3NO. The highest BCUT2D eigenvalue weighted by atomic mass is 19.4. The third-order valence-electron chi connectivity index (χ3n) is 1.65. The molecule has 0 aliphatic rings. The van der Waals surface area contributed by atoms with Crippen LogP contribution in [-0.4, -0.2) is 19.5 Å². The molecule has 0 N–H and O–H groups in total. The molecule has 16 heavy (non-hydrogen) atoms. The second kappa shape index (κ2) is 6.15. The largest absolute Gasteiger partial charge is 0.478 e.